The number of hydrogen-bond acceptors (Lipinski definition) is 1. The van der Waals surface area contributed by atoms with Crippen molar-refractivity contribution >= 4 is 11.6 Å². The summed E-state index contributed by atoms with van der Waals surface area (Å²) in [5.74, 6) is 0. The van der Waals surface area contributed by atoms with Gasteiger partial charge < -0.3 is 5.73 Å². The van der Waals surface area contributed by atoms with Crippen LogP contribution in [0.15, 0.2) is 48.5 Å². The zero-order valence-corrected chi connectivity index (χ0v) is 10.6. The summed E-state index contributed by atoms with van der Waals surface area (Å²) in [7, 11) is 0. The van der Waals surface area contributed by atoms with E-state index in [2.05, 4.69) is 31.2 Å². The highest BCUT2D eigenvalue weighted by molar-refractivity contribution is 6.30. The summed E-state index contributed by atoms with van der Waals surface area (Å²) >= 11 is 5.85. The van der Waals surface area contributed by atoms with E-state index in [1.54, 1.807) is 0 Å². The minimum absolute atomic E-state index is 0.0387. The molecule has 0 aliphatic carbocycles. The van der Waals surface area contributed by atoms with Crippen molar-refractivity contribution < 1.29 is 0 Å². The van der Waals surface area contributed by atoms with Crippen LogP contribution in [0, 0.1) is 6.92 Å². The Morgan fingerprint density at radius 3 is 2.18 bits per heavy atom. The van der Waals surface area contributed by atoms with Gasteiger partial charge in [0.05, 0.1) is 0 Å². The molecule has 0 radical (unpaired) electrons. The molecule has 17 heavy (non-hydrogen) atoms. The van der Waals surface area contributed by atoms with Crippen LogP contribution in [0.3, 0.4) is 0 Å². The molecule has 0 fully saturated rings. The van der Waals surface area contributed by atoms with E-state index in [4.69, 9.17) is 17.3 Å². The predicted molar refractivity (Wildman–Crippen MR) is 73.3 cm³/mol. The third-order valence-electron chi connectivity index (χ3n) is 2.87. The van der Waals surface area contributed by atoms with Gasteiger partial charge in [0.1, 0.15) is 0 Å². The highest BCUT2D eigenvalue weighted by atomic mass is 35.5. The van der Waals surface area contributed by atoms with Gasteiger partial charge in [0.15, 0.2) is 0 Å². The van der Waals surface area contributed by atoms with Crippen molar-refractivity contribution in [2.45, 2.75) is 19.4 Å². The van der Waals surface area contributed by atoms with Crippen molar-refractivity contribution in [2.75, 3.05) is 0 Å². The molecule has 1 atom stereocenters. The maximum Gasteiger partial charge on any atom is 0.0406 e. The second kappa shape index (κ2) is 5.35. The lowest BCUT2D eigenvalue weighted by Gasteiger charge is -2.12. The molecule has 0 bridgehead atoms. The Labute approximate surface area is 107 Å². The lowest BCUT2D eigenvalue weighted by Crippen LogP contribution is -2.13. The first kappa shape index (κ1) is 12.2. The fraction of sp³-hybridized carbons (Fsp3) is 0.200. The molecule has 2 N–H and O–H groups in total. The fourth-order valence-electron chi connectivity index (χ4n) is 1.81. The van der Waals surface area contributed by atoms with Crippen molar-refractivity contribution in [2.24, 2.45) is 5.73 Å². The molecule has 0 saturated carbocycles. The van der Waals surface area contributed by atoms with Crippen LogP contribution < -0.4 is 5.73 Å². The smallest absolute Gasteiger partial charge is 0.0406 e. The van der Waals surface area contributed by atoms with Gasteiger partial charge >= 0.3 is 0 Å². The summed E-state index contributed by atoms with van der Waals surface area (Å²) in [5, 5.41) is 0.762. The Bertz CT molecular complexity index is 473. The van der Waals surface area contributed by atoms with E-state index in [1.165, 1.54) is 16.7 Å². The van der Waals surface area contributed by atoms with Crippen LogP contribution in [0.5, 0.6) is 0 Å². The second-order valence-electron chi connectivity index (χ2n) is 4.35. The average Bonchev–Trinajstić information content (AvgIpc) is 2.33. The maximum absolute atomic E-state index is 6.18. The summed E-state index contributed by atoms with van der Waals surface area (Å²) in [4.78, 5) is 0. The molecule has 88 valence electrons. The quantitative estimate of drug-likeness (QED) is 0.872. The van der Waals surface area contributed by atoms with Gasteiger partial charge in [0.25, 0.3) is 0 Å². The van der Waals surface area contributed by atoms with Crippen molar-refractivity contribution in [3.8, 4) is 0 Å². The van der Waals surface area contributed by atoms with Gasteiger partial charge in [-0.15, -0.1) is 0 Å². The first-order chi connectivity index (χ1) is 8.15. The van der Waals surface area contributed by atoms with E-state index in [9.17, 15) is 0 Å². The second-order valence-corrected chi connectivity index (χ2v) is 4.78. The molecule has 1 unspecified atom stereocenters. The van der Waals surface area contributed by atoms with E-state index in [-0.39, 0.29) is 6.04 Å². The Hall–Kier alpha value is -1.31. The first-order valence-corrected chi connectivity index (χ1v) is 6.09. The topological polar surface area (TPSA) is 26.0 Å². The van der Waals surface area contributed by atoms with E-state index < -0.39 is 0 Å². The third-order valence-corrected chi connectivity index (χ3v) is 3.13. The van der Waals surface area contributed by atoms with Gasteiger partial charge in [-0.25, -0.2) is 0 Å². The summed E-state index contributed by atoms with van der Waals surface area (Å²) in [6.45, 7) is 2.08. The Balaban J connectivity index is 2.08. The molecular formula is C15H16ClN. The first-order valence-electron chi connectivity index (χ1n) is 5.72. The molecule has 0 aliphatic heterocycles. The maximum atomic E-state index is 6.18. The highest BCUT2D eigenvalue weighted by Crippen LogP contribution is 2.18. The number of hydrogen-bond donors (Lipinski definition) is 1. The van der Waals surface area contributed by atoms with Crippen molar-refractivity contribution in [3.63, 3.8) is 0 Å². The number of halogens is 1. The zero-order valence-electron chi connectivity index (χ0n) is 9.86. The number of aryl methyl sites for hydroxylation is 1. The van der Waals surface area contributed by atoms with Gasteiger partial charge in [-0.05, 0) is 36.6 Å². The standard InChI is InChI=1S/C15H16ClN/c1-11-2-6-13(7-3-11)15(17)10-12-4-8-14(16)9-5-12/h2-9,15H,10,17H2,1H3. The van der Waals surface area contributed by atoms with Crippen molar-refractivity contribution in [1.29, 1.82) is 0 Å². The Morgan fingerprint density at radius 2 is 1.59 bits per heavy atom. The fourth-order valence-corrected chi connectivity index (χ4v) is 1.93. The molecule has 0 aliphatic rings. The molecule has 2 aromatic rings. The minimum atomic E-state index is 0.0387. The zero-order chi connectivity index (χ0) is 12.3. The van der Waals surface area contributed by atoms with E-state index >= 15 is 0 Å². The van der Waals surface area contributed by atoms with Gasteiger partial charge in [-0.2, -0.15) is 0 Å². The van der Waals surface area contributed by atoms with Crippen LogP contribution in [0.4, 0.5) is 0 Å². The molecule has 2 rings (SSSR count). The lowest BCUT2D eigenvalue weighted by molar-refractivity contribution is 0.722. The van der Waals surface area contributed by atoms with E-state index in [1.807, 2.05) is 24.3 Å². The lowest BCUT2D eigenvalue weighted by atomic mass is 9.99. The Kier molecular flexibility index (Phi) is 3.82. The number of benzene rings is 2. The normalized spacial score (nSPS) is 12.4. The molecule has 2 heteroatoms. The average molecular weight is 246 g/mol. The summed E-state index contributed by atoms with van der Waals surface area (Å²) < 4.78 is 0. The minimum Gasteiger partial charge on any atom is -0.324 e. The van der Waals surface area contributed by atoms with E-state index in [0.717, 1.165) is 11.4 Å². The molecule has 2 aromatic carbocycles. The molecule has 0 saturated heterocycles. The van der Waals surface area contributed by atoms with E-state index in [0.29, 0.717) is 0 Å². The van der Waals surface area contributed by atoms with Crippen LogP contribution in [0.1, 0.15) is 22.7 Å². The van der Waals surface area contributed by atoms with Crippen LogP contribution in [0.2, 0.25) is 5.02 Å². The molecule has 0 aromatic heterocycles. The third kappa shape index (κ3) is 3.32. The summed E-state index contributed by atoms with van der Waals surface area (Å²) in [6.07, 6.45) is 0.834. The van der Waals surface area contributed by atoms with Crippen LogP contribution >= 0.6 is 11.6 Å². The van der Waals surface area contributed by atoms with Crippen molar-refractivity contribution in [3.05, 3.63) is 70.2 Å². The van der Waals surface area contributed by atoms with Crippen molar-refractivity contribution in [1.82, 2.24) is 0 Å². The van der Waals surface area contributed by atoms with Gasteiger partial charge in [-0.3, -0.25) is 0 Å². The summed E-state index contributed by atoms with van der Waals surface area (Å²) in [6, 6.07) is 16.3. The SMILES string of the molecule is Cc1ccc(C(N)Cc2ccc(Cl)cc2)cc1. The molecule has 0 amide bonds. The monoisotopic (exact) mass is 245 g/mol. The van der Waals surface area contributed by atoms with Crippen LogP contribution in [0.25, 0.3) is 0 Å². The summed E-state index contributed by atoms with van der Waals surface area (Å²) in [5.41, 5.74) is 9.82. The van der Waals surface area contributed by atoms with Gasteiger partial charge in [0.2, 0.25) is 0 Å². The molecule has 1 nitrogen and oxygen atoms in total. The molecular weight excluding hydrogens is 230 g/mol. The molecule has 0 heterocycles. The number of nitrogens with two attached hydrogens (primary N) is 1. The molecule has 0 spiro atoms. The van der Waals surface area contributed by atoms with Gasteiger partial charge in [-0.1, -0.05) is 53.6 Å². The Morgan fingerprint density at radius 1 is 1.00 bits per heavy atom. The highest BCUT2D eigenvalue weighted by Gasteiger charge is 2.06. The van der Waals surface area contributed by atoms with Crippen LogP contribution in [-0.2, 0) is 6.42 Å². The number of rotatable bonds is 3. The predicted octanol–water partition coefficient (Wildman–Crippen LogP) is 3.89. The van der Waals surface area contributed by atoms with Gasteiger partial charge in [0, 0.05) is 11.1 Å². The van der Waals surface area contributed by atoms with Crippen LogP contribution in [-0.4, -0.2) is 0 Å². The largest absolute Gasteiger partial charge is 0.324 e.